The topological polar surface area (TPSA) is 104 Å². The van der Waals surface area contributed by atoms with Crippen LogP contribution in [0.4, 0.5) is 0 Å². The zero-order valence-corrected chi connectivity index (χ0v) is 30.8. The summed E-state index contributed by atoms with van der Waals surface area (Å²) >= 11 is 0. The summed E-state index contributed by atoms with van der Waals surface area (Å²) in [6.07, 6.45) is 42.7. The second-order valence-electron chi connectivity index (χ2n) is 13.2. The van der Waals surface area contributed by atoms with Crippen molar-refractivity contribution >= 4 is 16.0 Å². The number of hydrogen-bond donors (Lipinski definition) is 3. The zero-order valence-electron chi connectivity index (χ0n) is 29.9. The Hall–Kier alpha value is -1.44. The Morgan fingerprint density at radius 2 is 0.935 bits per heavy atom. The fourth-order valence-electron chi connectivity index (χ4n) is 5.64. The third-order valence-corrected chi connectivity index (χ3v) is 9.32. The fourth-order valence-corrected chi connectivity index (χ4v) is 6.37. The Balaban J connectivity index is 4.03. The maximum atomic E-state index is 12.5. The molecule has 0 aliphatic carbocycles. The van der Waals surface area contributed by atoms with E-state index in [1.807, 2.05) is 6.08 Å². The van der Waals surface area contributed by atoms with Crippen LogP contribution in [-0.4, -0.2) is 41.9 Å². The third kappa shape index (κ3) is 33.9. The molecule has 0 aromatic rings. The van der Waals surface area contributed by atoms with E-state index < -0.39 is 28.0 Å². The molecule has 0 fully saturated rings. The Morgan fingerprint density at radius 3 is 1.37 bits per heavy atom. The van der Waals surface area contributed by atoms with Crippen LogP contribution in [0.25, 0.3) is 0 Å². The molecule has 0 heterocycles. The van der Waals surface area contributed by atoms with Gasteiger partial charge in [0.2, 0.25) is 5.91 Å². The molecule has 0 saturated heterocycles. The monoisotopic (exact) mass is 668 g/mol. The number of carbonyl (C=O) groups excluding carboxylic acids is 1. The smallest absolute Gasteiger partial charge is 0.267 e. The SMILES string of the molecule is CCCCCCC/C=C\CCCCCCCC(=O)NC(CS(=O)(=O)O)C(O)/C=C/CC/C=C/CCCCCCCCCCCCC. The standard InChI is InChI=1S/C39H73NO5S/c1-3-5-7-9-11-13-15-17-19-20-21-22-24-26-28-30-32-34-38(41)37(36-46(43,44)45)40-39(42)35-33-31-29-27-25-23-18-16-14-12-10-8-6-4-2/h16,18,24,26,32,34,37-38,41H,3-15,17,19-23,25,27-31,33,35-36H2,1-2H3,(H,40,42)(H,43,44,45)/b18-16-,26-24+,34-32+. The fraction of sp³-hybridized carbons (Fsp3) is 0.821. The molecule has 0 aromatic carbocycles. The van der Waals surface area contributed by atoms with Crippen LogP contribution in [0, 0.1) is 0 Å². The molecule has 0 spiro atoms. The molecule has 0 aliphatic heterocycles. The van der Waals surface area contributed by atoms with E-state index in [0.29, 0.717) is 6.42 Å². The molecule has 0 aliphatic rings. The first kappa shape index (κ1) is 44.6. The van der Waals surface area contributed by atoms with Gasteiger partial charge in [-0.2, -0.15) is 8.42 Å². The third-order valence-electron chi connectivity index (χ3n) is 8.54. The molecule has 0 bridgehead atoms. The lowest BCUT2D eigenvalue weighted by atomic mass is 10.1. The van der Waals surface area contributed by atoms with Crippen LogP contribution in [0.5, 0.6) is 0 Å². The highest BCUT2D eigenvalue weighted by Gasteiger charge is 2.24. The van der Waals surface area contributed by atoms with Gasteiger partial charge < -0.3 is 10.4 Å². The predicted molar refractivity (Wildman–Crippen MR) is 198 cm³/mol. The van der Waals surface area contributed by atoms with Crippen molar-refractivity contribution in [1.82, 2.24) is 5.32 Å². The lowest BCUT2D eigenvalue weighted by molar-refractivity contribution is -0.122. The lowest BCUT2D eigenvalue weighted by Crippen LogP contribution is -2.46. The summed E-state index contributed by atoms with van der Waals surface area (Å²) in [6.45, 7) is 4.50. The lowest BCUT2D eigenvalue weighted by Gasteiger charge is -2.21. The van der Waals surface area contributed by atoms with E-state index in [0.717, 1.165) is 51.4 Å². The van der Waals surface area contributed by atoms with E-state index in [4.69, 9.17) is 0 Å². The number of allylic oxidation sites excluding steroid dienone is 5. The molecule has 0 rings (SSSR count). The average Bonchev–Trinajstić information content (AvgIpc) is 3.01. The van der Waals surface area contributed by atoms with Crippen molar-refractivity contribution in [2.24, 2.45) is 0 Å². The summed E-state index contributed by atoms with van der Waals surface area (Å²) in [5.41, 5.74) is 0. The van der Waals surface area contributed by atoms with Gasteiger partial charge in [-0.1, -0.05) is 159 Å². The molecule has 7 heteroatoms. The molecule has 0 saturated carbocycles. The van der Waals surface area contributed by atoms with Crippen LogP contribution in [0.2, 0.25) is 0 Å². The van der Waals surface area contributed by atoms with Crippen LogP contribution in [0.3, 0.4) is 0 Å². The van der Waals surface area contributed by atoms with Crippen molar-refractivity contribution in [2.75, 3.05) is 5.75 Å². The van der Waals surface area contributed by atoms with E-state index in [1.165, 1.54) is 115 Å². The van der Waals surface area contributed by atoms with E-state index in [-0.39, 0.29) is 12.3 Å². The predicted octanol–water partition coefficient (Wildman–Crippen LogP) is 11.0. The molecule has 270 valence electrons. The van der Waals surface area contributed by atoms with Gasteiger partial charge in [-0.05, 0) is 57.8 Å². The van der Waals surface area contributed by atoms with Crippen molar-refractivity contribution in [3.63, 3.8) is 0 Å². The van der Waals surface area contributed by atoms with Gasteiger partial charge >= 0.3 is 0 Å². The Labute approximate surface area is 285 Å². The molecule has 1 amide bonds. The molecule has 3 N–H and O–H groups in total. The van der Waals surface area contributed by atoms with Gasteiger partial charge in [0.25, 0.3) is 10.1 Å². The van der Waals surface area contributed by atoms with E-state index in [1.54, 1.807) is 0 Å². The molecular weight excluding hydrogens is 594 g/mol. The van der Waals surface area contributed by atoms with Gasteiger partial charge in [0, 0.05) is 6.42 Å². The molecule has 0 radical (unpaired) electrons. The van der Waals surface area contributed by atoms with Crippen LogP contribution in [0.1, 0.15) is 187 Å². The summed E-state index contributed by atoms with van der Waals surface area (Å²) < 4.78 is 32.4. The summed E-state index contributed by atoms with van der Waals surface area (Å²) in [5.74, 6) is -1.01. The van der Waals surface area contributed by atoms with E-state index in [2.05, 4.69) is 43.5 Å². The number of unbranched alkanes of at least 4 members (excludes halogenated alkanes) is 22. The van der Waals surface area contributed by atoms with Crippen LogP contribution in [0.15, 0.2) is 36.5 Å². The zero-order chi connectivity index (χ0) is 34.0. The van der Waals surface area contributed by atoms with Crippen molar-refractivity contribution in [3.05, 3.63) is 36.5 Å². The van der Waals surface area contributed by atoms with Crippen molar-refractivity contribution in [3.8, 4) is 0 Å². The molecule has 46 heavy (non-hydrogen) atoms. The Kier molecular flexibility index (Phi) is 32.4. The Morgan fingerprint density at radius 1 is 0.565 bits per heavy atom. The van der Waals surface area contributed by atoms with Crippen LogP contribution >= 0.6 is 0 Å². The second-order valence-corrected chi connectivity index (χ2v) is 14.7. The summed E-state index contributed by atoms with van der Waals surface area (Å²) in [6, 6.07) is -1.08. The Bertz CT molecular complexity index is 868. The minimum atomic E-state index is -4.35. The molecule has 2 unspecified atom stereocenters. The first-order valence-corrected chi connectivity index (χ1v) is 20.8. The van der Waals surface area contributed by atoms with Gasteiger partial charge in [-0.15, -0.1) is 0 Å². The van der Waals surface area contributed by atoms with Gasteiger partial charge in [-0.25, -0.2) is 0 Å². The minimum absolute atomic E-state index is 0.278. The number of rotatable bonds is 34. The van der Waals surface area contributed by atoms with Gasteiger partial charge in [0.1, 0.15) is 0 Å². The van der Waals surface area contributed by atoms with Crippen molar-refractivity contribution in [1.29, 1.82) is 0 Å². The average molecular weight is 668 g/mol. The number of aliphatic hydroxyl groups is 1. The minimum Gasteiger partial charge on any atom is -0.387 e. The van der Waals surface area contributed by atoms with Gasteiger partial charge in [0.15, 0.2) is 0 Å². The number of carbonyl (C=O) groups is 1. The van der Waals surface area contributed by atoms with Gasteiger partial charge in [0.05, 0.1) is 17.9 Å². The summed E-state index contributed by atoms with van der Waals surface area (Å²) in [4.78, 5) is 12.5. The molecule has 0 aromatic heterocycles. The highest BCUT2D eigenvalue weighted by molar-refractivity contribution is 7.85. The number of amides is 1. The molecular formula is C39H73NO5S. The van der Waals surface area contributed by atoms with Crippen molar-refractivity contribution in [2.45, 2.75) is 199 Å². The number of nitrogens with one attached hydrogen (secondary N) is 1. The maximum absolute atomic E-state index is 12.5. The first-order valence-electron chi connectivity index (χ1n) is 19.2. The normalized spacial score (nSPS) is 13.7. The molecule has 6 nitrogen and oxygen atoms in total. The number of aliphatic hydroxyl groups excluding tert-OH is 1. The number of hydrogen-bond acceptors (Lipinski definition) is 4. The highest BCUT2D eigenvalue weighted by atomic mass is 32.2. The van der Waals surface area contributed by atoms with Crippen LogP contribution in [-0.2, 0) is 14.9 Å². The first-order chi connectivity index (χ1) is 22.3. The summed E-state index contributed by atoms with van der Waals surface area (Å²) in [7, 11) is -4.35. The quantitative estimate of drug-likeness (QED) is 0.0360. The second kappa shape index (κ2) is 33.5. The summed E-state index contributed by atoms with van der Waals surface area (Å²) in [5, 5.41) is 13.2. The van der Waals surface area contributed by atoms with Crippen LogP contribution < -0.4 is 5.32 Å². The highest BCUT2D eigenvalue weighted by Crippen LogP contribution is 2.13. The van der Waals surface area contributed by atoms with Gasteiger partial charge in [-0.3, -0.25) is 9.35 Å². The van der Waals surface area contributed by atoms with E-state index in [9.17, 15) is 22.9 Å². The largest absolute Gasteiger partial charge is 0.387 e. The van der Waals surface area contributed by atoms with E-state index >= 15 is 0 Å². The van der Waals surface area contributed by atoms with Crippen molar-refractivity contribution < 1.29 is 22.9 Å². The maximum Gasteiger partial charge on any atom is 0.267 e. The molecule has 2 atom stereocenters.